The maximum atomic E-state index is 11.8. The number of amides is 2. The minimum Gasteiger partial charge on any atom is -0.479 e. The van der Waals surface area contributed by atoms with Gasteiger partial charge >= 0.3 is 12.0 Å². The Morgan fingerprint density at radius 1 is 1.53 bits per heavy atom. The minimum atomic E-state index is -1.10. The molecule has 2 unspecified atom stereocenters. The third kappa shape index (κ3) is 5.44. The maximum absolute atomic E-state index is 11.8. The first-order valence-corrected chi connectivity index (χ1v) is 6.40. The van der Waals surface area contributed by atoms with Crippen LogP contribution in [0.25, 0.3) is 0 Å². The number of hydrogen-bond acceptors (Lipinski definition) is 4. The molecule has 0 radical (unpaired) electrons. The number of ether oxygens (including phenoxy) is 2. The molecule has 0 spiro atoms. The molecule has 1 aliphatic rings. The number of urea groups is 1. The van der Waals surface area contributed by atoms with Crippen LogP contribution in [0.4, 0.5) is 4.79 Å². The lowest BCUT2D eigenvalue weighted by atomic mass is 10.1. The van der Waals surface area contributed by atoms with Crippen LogP contribution < -0.4 is 5.32 Å². The molecule has 0 aliphatic carbocycles. The average molecular weight is 274 g/mol. The van der Waals surface area contributed by atoms with E-state index < -0.39 is 12.1 Å². The third-order valence-corrected chi connectivity index (χ3v) is 3.10. The van der Waals surface area contributed by atoms with E-state index in [0.717, 1.165) is 25.9 Å². The molecular weight excluding hydrogens is 252 g/mol. The van der Waals surface area contributed by atoms with Gasteiger partial charge in [-0.2, -0.15) is 0 Å². The van der Waals surface area contributed by atoms with Crippen molar-refractivity contribution >= 4 is 12.0 Å². The Morgan fingerprint density at radius 2 is 2.26 bits per heavy atom. The number of carboxylic acid groups (broad SMARTS) is 1. The molecule has 1 fully saturated rings. The van der Waals surface area contributed by atoms with E-state index in [2.05, 4.69) is 5.32 Å². The topological polar surface area (TPSA) is 88.1 Å². The SMILES string of the molecule is COC(CNC(=O)N(C)CC1CCCCO1)C(=O)O. The largest absolute Gasteiger partial charge is 0.479 e. The van der Waals surface area contributed by atoms with E-state index in [4.69, 9.17) is 14.6 Å². The molecule has 0 bridgehead atoms. The van der Waals surface area contributed by atoms with E-state index in [0.29, 0.717) is 6.54 Å². The van der Waals surface area contributed by atoms with Gasteiger partial charge in [0.15, 0.2) is 6.10 Å². The second-order valence-corrected chi connectivity index (χ2v) is 4.62. The fourth-order valence-corrected chi connectivity index (χ4v) is 1.93. The molecule has 0 aromatic rings. The summed E-state index contributed by atoms with van der Waals surface area (Å²) in [7, 11) is 2.96. The van der Waals surface area contributed by atoms with Gasteiger partial charge in [-0.1, -0.05) is 0 Å². The predicted octanol–water partition coefficient (Wildman–Crippen LogP) is 0.297. The number of hydrogen-bond donors (Lipinski definition) is 2. The number of nitrogens with one attached hydrogen (secondary N) is 1. The van der Waals surface area contributed by atoms with Crippen LogP contribution in [0.2, 0.25) is 0 Å². The van der Waals surface area contributed by atoms with Crippen LogP contribution in [-0.2, 0) is 14.3 Å². The summed E-state index contributed by atoms with van der Waals surface area (Å²) in [5, 5.41) is 11.3. The van der Waals surface area contributed by atoms with Gasteiger partial charge in [-0.15, -0.1) is 0 Å². The summed E-state index contributed by atoms with van der Waals surface area (Å²) in [5.74, 6) is -1.10. The molecule has 7 heteroatoms. The molecule has 2 N–H and O–H groups in total. The molecule has 0 aromatic heterocycles. The molecule has 1 rings (SSSR count). The summed E-state index contributed by atoms with van der Waals surface area (Å²) in [5.41, 5.74) is 0. The Hall–Kier alpha value is -1.34. The van der Waals surface area contributed by atoms with Gasteiger partial charge in [-0.3, -0.25) is 0 Å². The zero-order valence-corrected chi connectivity index (χ0v) is 11.4. The van der Waals surface area contributed by atoms with Crippen molar-refractivity contribution in [3.63, 3.8) is 0 Å². The highest BCUT2D eigenvalue weighted by atomic mass is 16.5. The first-order valence-electron chi connectivity index (χ1n) is 6.40. The van der Waals surface area contributed by atoms with Crippen LogP contribution >= 0.6 is 0 Å². The highest BCUT2D eigenvalue weighted by Gasteiger charge is 2.21. The van der Waals surface area contributed by atoms with Gasteiger partial charge in [0.25, 0.3) is 0 Å². The second-order valence-electron chi connectivity index (χ2n) is 4.62. The first kappa shape index (κ1) is 15.7. The monoisotopic (exact) mass is 274 g/mol. The Morgan fingerprint density at radius 3 is 2.79 bits per heavy atom. The van der Waals surface area contributed by atoms with E-state index in [-0.39, 0.29) is 18.7 Å². The molecule has 1 saturated heterocycles. The quantitative estimate of drug-likeness (QED) is 0.727. The molecule has 110 valence electrons. The summed E-state index contributed by atoms with van der Waals surface area (Å²) in [6, 6.07) is -0.322. The maximum Gasteiger partial charge on any atom is 0.334 e. The van der Waals surface area contributed by atoms with E-state index >= 15 is 0 Å². The third-order valence-electron chi connectivity index (χ3n) is 3.10. The van der Waals surface area contributed by atoms with Crippen LogP contribution in [0, 0.1) is 0 Å². The molecule has 7 nitrogen and oxygen atoms in total. The van der Waals surface area contributed by atoms with E-state index in [9.17, 15) is 9.59 Å². The fourth-order valence-electron chi connectivity index (χ4n) is 1.93. The van der Waals surface area contributed by atoms with Crippen molar-refractivity contribution in [3.8, 4) is 0 Å². The van der Waals surface area contributed by atoms with Crippen LogP contribution in [0.5, 0.6) is 0 Å². The van der Waals surface area contributed by atoms with Gasteiger partial charge in [0.1, 0.15) is 0 Å². The number of aliphatic carboxylic acids is 1. The van der Waals surface area contributed by atoms with Crippen molar-refractivity contribution in [2.75, 3.05) is 33.9 Å². The van der Waals surface area contributed by atoms with E-state index in [1.54, 1.807) is 7.05 Å². The zero-order chi connectivity index (χ0) is 14.3. The number of nitrogens with zero attached hydrogens (tertiary/aromatic N) is 1. The highest BCUT2D eigenvalue weighted by molar-refractivity contribution is 5.76. The van der Waals surface area contributed by atoms with Crippen molar-refractivity contribution < 1.29 is 24.2 Å². The van der Waals surface area contributed by atoms with Crippen molar-refractivity contribution in [2.45, 2.75) is 31.5 Å². The number of methoxy groups -OCH3 is 1. The predicted molar refractivity (Wildman–Crippen MR) is 68.1 cm³/mol. The molecule has 2 amide bonds. The Bertz CT molecular complexity index is 304. The van der Waals surface area contributed by atoms with Gasteiger partial charge in [0.2, 0.25) is 0 Å². The van der Waals surface area contributed by atoms with Crippen molar-refractivity contribution in [1.82, 2.24) is 10.2 Å². The number of likely N-dealkylation sites (N-methyl/N-ethyl adjacent to an activating group) is 1. The van der Waals surface area contributed by atoms with Crippen LogP contribution in [0.1, 0.15) is 19.3 Å². The first-order chi connectivity index (χ1) is 9.04. The second kappa shape index (κ2) is 7.96. The summed E-state index contributed by atoms with van der Waals surface area (Å²) < 4.78 is 10.3. The molecule has 19 heavy (non-hydrogen) atoms. The molecular formula is C12H22N2O5. The summed E-state index contributed by atoms with van der Waals surface area (Å²) in [6.07, 6.45) is 2.18. The zero-order valence-electron chi connectivity index (χ0n) is 11.4. The van der Waals surface area contributed by atoms with Crippen LogP contribution in [0.3, 0.4) is 0 Å². The average Bonchev–Trinajstić information content (AvgIpc) is 2.39. The Labute approximate surface area is 112 Å². The molecule has 1 aliphatic heterocycles. The standard InChI is InChI=1S/C12H22N2O5/c1-14(8-9-5-3-4-6-19-9)12(17)13-7-10(18-2)11(15)16/h9-10H,3-8H2,1-2H3,(H,13,17)(H,15,16). The lowest BCUT2D eigenvalue weighted by Crippen LogP contribution is -2.46. The summed E-state index contributed by atoms with van der Waals surface area (Å²) >= 11 is 0. The Balaban J connectivity index is 2.29. The van der Waals surface area contributed by atoms with E-state index in [1.165, 1.54) is 12.0 Å². The molecule has 1 heterocycles. The highest BCUT2D eigenvalue weighted by Crippen LogP contribution is 2.13. The van der Waals surface area contributed by atoms with Crippen molar-refractivity contribution in [2.24, 2.45) is 0 Å². The van der Waals surface area contributed by atoms with Gasteiger partial charge in [-0.05, 0) is 19.3 Å². The number of carboxylic acids is 1. The molecule has 0 aromatic carbocycles. The van der Waals surface area contributed by atoms with Crippen LogP contribution in [0.15, 0.2) is 0 Å². The number of rotatable bonds is 6. The fraction of sp³-hybridized carbons (Fsp3) is 0.833. The summed E-state index contributed by atoms with van der Waals surface area (Å²) in [6.45, 7) is 1.20. The van der Waals surface area contributed by atoms with Gasteiger partial charge in [0, 0.05) is 27.3 Å². The number of carbonyl (C=O) groups excluding carboxylic acids is 1. The van der Waals surface area contributed by atoms with Crippen molar-refractivity contribution in [1.29, 1.82) is 0 Å². The van der Waals surface area contributed by atoms with Gasteiger partial charge < -0.3 is 24.8 Å². The van der Waals surface area contributed by atoms with Gasteiger partial charge in [-0.25, -0.2) is 9.59 Å². The van der Waals surface area contributed by atoms with Gasteiger partial charge in [0.05, 0.1) is 12.6 Å². The minimum absolute atomic E-state index is 0.0550. The number of carbonyl (C=O) groups is 2. The Kier molecular flexibility index (Phi) is 6.58. The summed E-state index contributed by atoms with van der Waals surface area (Å²) in [4.78, 5) is 24.0. The lowest BCUT2D eigenvalue weighted by Gasteiger charge is -2.27. The molecule has 0 saturated carbocycles. The van der Waals surface area contributed by atoms with E-state index in [1.807, 2.05) is 0 Å². The smallest absolute Gasteiger partial charge is 0.334 e. The molecule has 2 atom stereocenters. The normalized spacial score (nSPS) is 20.6. The lowest BCUT2D eigenvalue weighted by molar-refractivity contribution is -0.148. The van der Waals surface area contributed by atoms with Crippen molar-refractivity contribution in [3.05, 3.63) is 0 Å². The van der Waals surface area contributed by atoms with Crippen LogP contribution in [-0.4, -0.2) is 68.1 Å².